The van der Waals surface area contributed by atoms with Gasteiger partial charge in [0.2, 0.25) is 12.7 Å². The molecule has 1 unspecified atom stereocenters. The van der Waals surface area contributed by atoms with Crippen LogP contribution in [-0.2, 0) is 4.79 Å². The van der Waals surface area contributed by atoms with Crippen molar-refractivity contribution in [2.24, 2.45) is 0 Å². The predicted octanol–water partition coefficient (Wildman–Crippen LogP) is 2.70. The third-order valence-corrected chi connectivity index (χ3v) is 3.52. The zero-order chi connectivity index (χ0) is 15.4. The lowest BCUT2D eigenvalue weighted by molar-refractivity contribution is -0.115. The maximum absolute atomic E-state index is 12.0. The van der Waals surface area contributed by atoms with Crippen molar-refractivity contribution in [3.63, 3.8) is 0 Å². The molecule has 22 heavy (non-hydrogen) atoms. The van der Waals surface area contributed by atoms with Gasteiger partial charge < -0.3 is 20.1 Å². The maximum atomic E-state index is 12.0. The zero-order valence-corrected chi connectivity index (χ0v) is 12.3. The number of fused-ring (bicyclic) bond motifs is 1. The molecule has 1 aliphatic heterocycles. The molecular formula is C17H18N2O3. The van der Waals surface area contributed by atoms with Crippen molar-refractivity contribution in [2.75, 3.05) is 18.7 Å². The van der Waals surface area contributed by atoms with E-state index in [0.717, 1.165) is 5.56 Å². The lowest BCUT2D eigenvalue weighted by atomic mass is 10.1. The summed E-state index contributed by atoms with van der Waals surface area (Å²) >= 11 is 0. The van der Waals surface area contributed by atoms with Crippen LogP contribution in [0.15, 0.2) is 48.5 Å². The maximum Gasteiger partial charge on any atom is 0.238 e. The number of benzene rings is 2. The number of rotatable bonds is 5. The smallest absolute Gasteiger partial charge is 0.238 e. The van der Waals surface area contributed by atoms with Gasteiger partial charge in [0.25, 0.3) is 0 Å². The highest BCUT2D eigenvalue weighted by atomic mass is 16.7. The monoisotopic (exact) mass is 298 g/mol. The summed E-state index contributed by atoms with van der Waals surface area (Å²) in [5.74, 6) is 1.26. The molecule has 5 heteroatoms. The SMILES string of the molecule is CC(NCC(=O)Nc1ccc2c(c1)OCO2)c1ccccc1. The standard InChI is InChI=1S/C17H18N2O3/c1-12(13-5-3-2-4-6-13)18-10-17(20)19-14-7-8-15-16(9-14)22-11-21-15/h2-9,12,18H,10-11H2,1H3,(H,19,20). The van der Waals surface area contributed by atoms with E-state index in [4.69, 9.17) is 9.47 Å². The highest BCUT2D eigenvalue weighted by Crippen LogP contribution is 2.34. The summed E-state index contributed by atoms with van der Waals surface area (Å²) in [7, 11) is 0. The van der Waals surface area contributed by atoms with Crippen molar-refractivity contribution in [3.05, 3.63) is 54.1 Å². The number of ether oxygens (including phenoxy) is 2. The molecule has 2 aromatic rings. The fraction of sp³-hybridized carbons (Fsp3) is 0.235. The Bertz CT molecular complexity index is 658. The Kier molecular flexibility index (Phi) is 4.25. The van der Waals surface area contributed by atoms with E-state index in [1.54, 1.807) is 18.2 Å². The van der Waals surface area contributed by atoms with Gasteiger partial charge in [0.15, 0.2) is 11.5 Å². The fourth-order valence-corrected chi connectivity index (χ4v) is 2.28. The molecule has 0 fully saturated rings. The summed E-state index contributed by atoms with van der Waals surface area (Å²) in [5, 5.41) is 6.04. The van der Waals surface area contributed by atoms with Crippen LogP contribution < -0.4 is 20.1 Å². The number of nitrogens with one attached hydrogen (secondary N) is 2. The summed E-state index contributed by atoms with van der Waals surface area (Å²) in [6.45, 7) is 2.50. The summed E-state index contributed by atoms with van der Waals surface area (Å²) in [6, 6.07) is 15.5. The van der Waals surface area contributed by atoms with Gasteiger partial charge in [0.1, 0.15) is 0 Å². The van der Waals surface area contributed by atoms with Gasteiger partial charge in [0.05, 0.1) is 6.54 Å². The first-order valence-corrected chi connectivity index (χ1v) is 7.20. The summed E-state index contributed by atoms with van der Waals surface area (Å²) < 4.78 is 10.5. The van der Waals surface area contributed by atoms with E-state index in [9.17, 15) is 4.79 Å². The Balaban J connectivity index is 1.52. The van der Waals surface area contributed by atoms with Gasteiger partial charge >= 0.3 is 0 Å². The summed E-state index contributed by atoms with van der Waals surface area (Å²) in [5.41, 5.74) is 1.85. The Morgan fingerprint density at radius 1 is 1.14 bits per heavy atom. The normalized spacial score (nSPS) is 13.7. The van der Waals surface area contributed by atoms with Crippen molar-refractivity contribution in [3.8, 4) is 11.5 Å². The zero-order valence-electron chi connectivity index (χ0n) is 12.3. The van der Waals surface area contributed by atoms with E-state index in [1.165, 1.54) is 0 Å². The average molecular weight is 298 g/mol. The first kappa shape index (κ1) is 14.4. The third kappa shape index (κ3) is 3.38. The first-order chi connectivity index (χ1) is 10.7. The highest BCUT2D eigenvalue weighted by molar-refractivity contribution is 5.92. The molecule has 0 aromatic heterocycles. The van der Waals surface area contributed by atoms with Gasteiger partial charge in [-0.25, -0.2) is 0 Å². The van der Waals surface area contributed by atoms with Crippen molar-refractivity contribution < 1.29 is 14.3 Å². The second-order valence-electron chi connectivity index (χ2n) is 5.13. The van der Waals surface area contributed by atoms with Gasteiger partial charge in [-0.1, -0.05) is 30.3 Å². The van der Waals surface area contributed by atoms with E-state index in [0.29, 0.717) is 17.2 Å². The molecule has 1 atom stereocenters. The minimum atomic E-state index is -0.0957. The molecule has 5 nitrogen and oxygen atoms in total. The minimum Gasteiger partial charge on any atom is -0.454 e. The average Bonchev–Trinajstić information content (AvgIpc) is 3.01. The second kappa shape index (κ2) is 6.49. The van der Waals surface area contributed by atoms with Crippen LogP contribution in [0.3, 0.4) is 0 Å². The number of hydrogen-bond donors (Lipinski definition) is 2. The molecule has 0 bridgehead atoms. The van der Waals surface area contributed by atoms with Crippen molar-refractivity contribution in [2.45, 2.75) is 13.0 Å². The molecular weight excluding hydrogens is 280 g/mol. The van der Waals surface area contributed by atoms with Crippen LogP contribution in [0, 0.1) is 0 Å². The lowest BCUT2D eigenvalue weighted by Crippen LogP contribution is -2.30. The molecule has 0 spiro atoms. The minimum absolute atomic E-state index is 0.0957. The Morgan fingerprint density at radius 3 is 2.73 bits per heavy atom. The quantitative estimate of drug-likeness (QED) is 0.891. The van der Waals surface area contributed by atoms with E-state index in [2.05, 4.69) is 10.6 Å². The topological polar surface area (TPSA) is 59.6 Å². The van der Waals surface area contributed by atoms with Gasteiger partial charge in [-0.05, 0) is 24.6 Å². The number of hydrogen-bond acceptors (Lipinski definition) is 4. The van der Waals surface area contributed by atoms with Crippen LogP contribution in [0.2, 0.25) is 0 Å². The molecule has 2 N–H and O–H groups in total. The van der Waals surface area contributed by atoms with E-state index in [-0.39, 0.29) is 25.3 Å². The van der Waals surface area contributed by atoms with Crippen molar-refractivity contribution in [1.82, 2.24) is 5.32 Å². The highest BCUT2D eigenvalue weighted by Gasteiger charge is 2.14. The predicted molar refractivity (Wildman–Crippen MR) is 84.1 cm³/mol. The molecule has 1 heterocycles. The summed E-state index contributed by atoms with van der Waals surface area (Å²) in [4.78, 5) is 12.0. The van der Waals surface area contributed by atoms with Crippen LogP contribution in [0.1, 0.15) is 18.5 Å². The number of carbonyl (C=O) groups excluding carboxylic acids is 1. The van der Waals surface area contributed by atoms with Crippen LogP contribution in [0.25, 0.3) is 0 Å². The molecule has 1 amide bonds. The molecule has 1 aliphatic rings. The van der Waals surface area contributed by atoms with Gasteiger partial charge in [-0.2, -0.15) is 0 Å². The number of anilines is 1. The van der Waals surface area contributed by atoms with Gasteiger partial charge in [-0.15, -0.1) is 0 Å². The van der Waals surface area contributed by atoms with Crippen LogP contribution in [0.5, 0.6) is 11.5 Å². The van der Waals surface area contributed by atoms with Crippen LogP contribution >= 0.6 is 0 Å². The van der Waals surface area contributed by atoms with Crippen molar-refractivity contribution in [1.29, 1.82) is 0 Å². The lowest BCUT2D eigenvalue weighted by Gasteiger charge is -2.14. The van der Waals surface area contributed by atoms with E-state index < -0.39 is 0 Å². The van der Waals surface area contributed by atoms with Gasteiger partial charge in [-0.3, -0.25) is 4.79 Å². The number of carbonyl (C=O) groups is 1. The molecule has 0 radical (unpaired) electrons. The molecule has 2 aromatic carbocycles. The molecule has 114 valence electrons. The molecule has 0 aliphatic carbocycles. The molecule has 3 rings (SSSR count). The van der Waals surface area contributed by atoms with Crippen LogP contribution in [0.4, 0.5) is 5.69 Å². The van der Waals surface area contributed by atoms with Crippen molar-refractivity contribution >= 4 is 11.6 Å². The Hall–Kier alpha value is -2.53. The Morgan fingerprint density at radius 2 is 1.91 bits per heavy atom. The first-order valence-electron chi connectivity index (χ1n) is 7.20. The van der Waals surface area contributed by atoms with E-state index in [1.807, 2.05) is 37.3 Å². The summed E-state index contributed by atoms with van der Waals surface area (Å²) in [6.07, 6.45) is 0. The van der Waals surface area contributed by atoms with Gasteiger partial charge in [0, 0.05) is 17.8 Å². The second-order valence-corrected chi connectivity index (χ2v) is 5.13. The fourth-order valence-electron chi connectivity index (χ4n) is 2.28. The third-order valence-electron chi connectivity index (χ3n) is 3.52. The van der Waals surface area contributed by atoms with E-state index >= 15 is 0 Å². The molecule has 0 saturated heterocycles. The largest absolute Gasteiger partial charge is 0.454 e. The molecule has 0 saturated carbocycles. The number of amides is 1. The Labute approximate surface area is 129 Å². The van der Waals surface area contributed by atoms with Crippen LogP contribution in [-0.4, -0.2) is 19.2 Å².